The van der Waals surface area contributed by atoms with Crippen LogP contribution in [0.3, 0.4) is 0 Å². The predicted molar refractivity (Wildman–Crippen MR) is 97.5 cm³/mol. The lowest BCUT2D eigenvalue weighted by Gasteiger charge is -2.36. The molecule has 25 heavy (non-hydrogen) atoms. The Morgan fingerprint density at radius 3 is 2.56 bits per heavy atom. The maximum Gasteiger partial charge on any atom is 0.200 e. The third-order valence-corrected chi connectivity index (χ3v) is 4.91. The van der Waals surface area contributed by atoms with Crippen LogP contribution in [0.5, 0.6) is 5.88 Å². The van der Waals surface area contributed by atoms with E-state index in [9.17, 15) is 14.3 Å². The lowest BCUT2D eigenvalue weighted by Crippen LogP contribution is -2.48. The SMILES string of the molecule is CC(=O)c1c(O)[nH]c2cc(Cl)c(-c3ccc(N4CC(F)C4)cc3)cc12. The van der Waals surface area contributed by atoms with Crippen LogP contribution in [-0.4, -0.2) is 35.1 Å². The maximum absolute atomic E-state index is 13.0. The van der Waals surface area contributed by atoms with Gasteiger partial charge in [0.2, 0.25) is 5.88 Å². The minimum absolute atomic E-state index is 0.148. The van der Waals surface area contributed by atoms with Crippen LogP contribution in [0.2, 0.25) is 5.02 Å². The summed E-state index contributed by atoms with van der Waals surface area (Å²) in [6.45, 7) is 2.27. The molecule has 4 nitrogen and oxygen atoms in total. The highest BCUT2D eigenvalue weighted by Crippen LogP contribution is 2.37. The van der Waals surface area contributed by atoms with Crippen LogP contribution in [0.1, 0.15) is 17.3 Å². The van der Waals surface area contributed by atoms with Gasteiger partial charge in [0.25, 0.3) is 0 Å². The zero-order valence-electron chi connectivity index (χ0n) is 13.5. The number of alkyl halides is 1. The van der Waals surface area contributed by atoms with Gasteiger partial charge in [-0.2, -0.15) is 0 Å². The van der Waals surface area contributed by atoms with Gasteiger partial charge >= 0.3 is 0 Å². The van der Waals surface area contributed by atoms with Crippen LogP contribution in [0.25, 0.3) is 22.0 Å². The minimum Gasteiger partial charge on any atom is -0.494 e. The fraction of sp³-hybridized carbons (Fsp3) is 0.211. The van der Waals surface area contributed by atoms with Crippen LogP contribution in [0.4, 0.5) is 10.1 Å². The van der Waals surface area contributed by atoms with Crippen LogP contribution >= 0.6 is 11.6 Å². The van der Waals surface area contributed by atoms with E-state index < -0.39 is 6.17 Å². The third kappa shape index (κ3) is 2.65. The van der Waals surface area contributed by atoms with Gasteiger partial charge in [-0.15, -0.1) is 0 Å². The van der Waals surface area contributed by atoms with Crippen molar-refractivity contribution < 1.29 is 14.3 Å². The molecule has 0 radical (unpaired) electrons. The van der Waals surface area contributed by atoms with E-state index in [4.69, 9.17) is 11.6 Å². The smallest absolute Gasteiger partial charge is 0.200 e. The Morgan fingerprint density at radius 1 is 1.28 bits per heavy atom. The zero-order chi connectivity index (χ0) is 17.7. The highest BCUT2D eigenvalue weighted by atomic mass is 35.5. The van der Waals surface area contributed by atoms with Crippen molar-refractivity contribution in [2.24, 2.45) is 0 Å². The van der Waals surface area contributed by atoms with Crippen LogP contribution < -0.4 is 4.90 Å². The number of aromatic amines is 1. The van der Waals surface area contributed by atoms with E-state index in [0.717, 1.165) is 16.8 Å². The highest BCUT2D eigenvalue weighted by Gasteiger charge is 2.26. The van der Waals surface area contributed by atoms with Crippen molar-refractivity contribution in [1.29, 1.82) is 0 Å². The molecule has 3 aromatic rings. The van der Waals surface area contributed by atoms with Crippen LogP contribution in [0, 0.1) is 0 Å². The Hall–Kier alpha value is -2.53. The van der Waals surface area contributed by atoms with Crippen molar-refractivity contribution in [3.8, 4) is 17.0 Å². The number of nitrogens with one attached hydrogen (secondary N) is 1. The molecule has 2 heterocycles. The number of aromatic hydroxyl groups is 1. The standard InChI is InChI=1S/C19H16ClFN2O2/c1-10(24)18-15-6-14(16(20)7-17(15)22-19(18)25)11-2-4-13(5-3-11)23-8-12(21)9-23/h2-7,12,22,25H,8-9H2,1H3. The molecule has 0 unspecified atom stereocenters. The molecule has 128 valence electrons. The summed E-state index contributed by atoms with van der Waals surface area (Å²) in [5.41, 5.74) is 3.51. The molecule has 1 saturated heterocycles. The van der Waals surface area contributed by atoms with Gasteiger partial charge < -0.3 is 15.0 Å². The number of ketones is 1. The molecule has 6 heteroatoms. The molecule has 0 amide bonds. The van der Waals surface area contributed by atoms with Gasteiger partial charge in [-0.05, 0) is 36.8 Å². The predicted octanol–water partition coefficient (Wildman–Crippen LogP) is 4.55. The molecule has 0 saturated carbocycles. The van der Waals surface area contributed by atoms with Crippen LogP contribution in [-0.2, 0) is 0 Å². The number of rotatable bonds is 3. The van der Waals surface area contributed by atoms with Gasteiger partial charge in [0.15, 0.2) is 5.78 Å². The molecule has 0 spiro atoms. The summed E-state index contributed by atoms with van der Waals surface area (Å²) >= 11 is 6.39. The minimum atomic E-state index is -0.747. The topological polar surface area (TPSA) is 56.3 Å². The van der Waals surface area contributed by atoms with Gasteiger partial charge in [0, 0.05) is 16.6 Å². The van der Waals surface area contributed by atoms with Gasteiger partial charge in [0.1, 0.15) is 6.17 Å². The first kappa shape index (κ1) is 16.0. The molecule has 1 aliphatic heterocycles. The first-order chi connectivity index (χ1) is 11.9. The number of nitrogens with zero attached hydrogens (tertiary/aromatic N) is 1. The van der Waals surface area contributed by atoms with Gasteiger partial charge in [-0.3, -0.25) is 4.79 Å². The summed E-state index contributed by atoms with van der Waals surface area (Å²) in [5.74, 6) is -0.365. The number of fused-ring (bicyclic) bond motifs is 1. The molecule has 1 aliphatic rings. The molecular weight excluding hydrogens is 343 g/mol. The fourth-order valence-corrected chi connectivity index (χ4v) is 3.54. The number of hydrogen-bond acceptors (Lipinski definition) is 3. The lowest BCUT2D eigenvalue weighted by molar-refractivity contribution is 0.101. The monoisotopic (exact) mass is 358 g/mol. The third-order valence-electron chi connectivity index (χ3n) is 4.60. The molecule has 2 aromatic carbocycles. The number of benzene rings is 2. The number of H-pyrrole nitrogens is 1. The number of carbonyl (C=O) groups excluding carboxylic acids is 1. The van der Waals surface area contributed by atoms with Crippen molar-refractivity contribution >= 4 is 34.0 Å². The number of carbonyl (C=O) groups is 1. The van der Waals surface area contributed by atoms with Crippen molar-refractivity contribution in [2.45, 2.75) is 13.1 Å². The second-order valence-corrected chi connectivity index (χ2v) is 6.74. The molecule has 0 atom stereocenters. The summed E-state index contributed by atoms with van der Waals surface area (Å²) in [6, 6.07) is 11.2. The van der Waals surface area contributed by atoms with Crippen molar-refractivity contribution in [3.05, 3.63) is 47.0 Å². The Labute approximate surface area is 148 Å². The molecular formula is C19H16ClFN2O2. The lowest BCUT2D eigenvalue weighted by atomic mass is 10.0. The summed E-state index contributed by atoms with van der Waals surface area (Å²) in [6.07, 6.45) is -0.747. The van der Waals surface area contributed by atoms with Crippen molar-refractivity contribution in [3.63, 3.8) is 0 Å². The van der Waals surface area contributed by atoms with E-state index in [1.54, 1.807) is 12.1 Å². The van der Waals surface area contributed by atoms with Gasteiger partial charge in [-0.1, -0.05) is 23.7 Å². The van der Waals surface area contributed by atoms with Crippen molar-refractivity contribution in [2.75, 3.05) is 18.0 Å². The van der Waals surface area contributed by atoms with Crippen molar-refractivity contribution in [1.82, 2.24) is 4.98 Å². The Morgan fingerprint density at radius 2 is 1.96 bits per heavy atom. The highest BCUT2D eigenvalue weighted by molar-refractivity contribution is 6.34. The number of hydrogen-bond donors (Lipinski definition) is 2. The molecule has 0 bridgehead atoms. The first-order valence-corrected chi connectivity index (χ1v) is 8.36. The van der Waals surface area contributed by atoms with E-state index in [2.05, 4.69) is 4.98 Å². The van der Waals surface area contributed by atoms with Crippen LogP contribution in [0.15, 0.2) is 36.4 Å². The number of aromatic nitrogens is 1. The zero-order valence-corrected chi connectivity index (χ0v) is 14.3. The largest absolute Gasteiger partial charge is 0.494 e. The van der Waals surface area contributed by atoms with E-state index >= 15 is 0 Å². The molecule has 1 aromatic heterocycles. The number of Topliss-reactive ketones (excluding diaryl/α,β-unsaturated/α-hetero) is 1. The normalized spacial score (nSPS) is 14.8. The molecule has 4 rings (SSSR count). The molecule has 2 N–H and O–H groups in total. The van der Waals surface area contributed by atoms with E-state index in [1.165, 1.54) is 6.92 Å². The average molecular weight is 359 g/mol. The first-order valence-electron chi connectivity index (χ1n) is 7.98. The fourth-order valence-electron chi connectivity index (χ4n) is 3.27. The summed E-state index contributed by atoms with van der Waals surface area (Å²) in [5, 5.41) is 11.1. The number of anilines is 1. The Bertz CT molecular complexity index is 975. The van der Waals surface area contributed by atoms with E-state index in [-0.39, 0.29) is 17.2 Å². The average Bonchev–Trinajstić information content (AvgIpc) is 2.86. The van der Waals surface area contributed by atoms with Gasteiger partial charge in [-0.25, -0.2) is 4.39 Å². The quantitative estimate of drug-likeness (QED) is 0.675. The number of halogens is 2. The Kier molecular flexibility index (Phi) is 3.69. The van der Waals surface area contributed by atoms with E-state index in [0.29, 0.717) is 29.0 Å². The molecule has 0 aliphatic carbocycles. The summed E-state index contributed by atoms with van der Waals surface area (Å²) < 4.78 is 13.0. The Balaban J connectivity index is 1.76. The van der Waals surface area contributed by atoms with Gasteiger partial charge in [0.05, 0.1) is 29.2 Å². The summed E-state index contributed by atoms with van der Waals surface area (Å²) in [4.78, 5) is 16.6. The second-order valence-electron chi connectivity index (χ2n) is 6.33. The second kappa shape index (κ2) is 5.77. The summed E-state index contributed by atoms with van der Waals surface area (Å²) in [7, 11) is 0. The maximum atomic E-state index is 13.0. The molecule has 1 fully saturated rings. The van der Waals surface area contributed by atoms with E-state index in [1.807, 2.05) is 29.2 Å².